The van der Waals surface area contributed by atoms with E-state index in [4.69, 9.17) is 5.21 Å². The zero-order valence-corrected chi connectivity index (χ0v) is 3.30. The van der Waals surface area contributed by atoms with E-state index in [9.17, 15) is 4.79 Å². The van der Waals surface area contributed by atoms with Crippen molar-refractivity contribution in [1.82, 2.24) is 0 Å². The molecule has 0 fully saturated rings. The van der Waals surface area contributed by atoms with Gasteiger partial charge in [0.05, 0.1) is 0 Å². The van der Waals surface area contributed by atoms with E-state index in [0.29, 0.717) is 0 Å². The van der Waals surface area contributed by atoms with Crippen LogP contribution < -0.4 is 0 Å². The van der Waals surface area contributed by atoms with Crippen molar-refractivity contribution in [3.05, 3.63) is 5.01 Å². The lowest BCUT2D eigenvalue weighted by atomic mass is 10.5. The van der Waals surface area contributed by atoms with Crippen molar-refractivity contribution in [1.29, 1.82) is 0 Å². The maximum absolute atomic E-state index is 9.68. The molecule has 0 radical (unpaired) electrons. The summed E-state index contributed by atoms with van der Waals surface area (Å²) in [7, 11) is 0. The first-order valence-electron chi connectivity index (χ1n) is 1.38. The summed E-state index contributed by atoms with van der Waals surface area (Å²) in [5, 5.41) is 9.87. The van der Waals surface area contributed by atoms with Crippen LogP contribution in [0, 0.1) is 6.07 Å². The Morgan fingerprint density at radius 2 is 2.50 bits per heavy atom. The number of Topliss-reactive ketones (excluding diaryl/α,β-unsaturated/α-hetero) is 1. The fourth-order valence-electron chi connectivity index (χ4n) is 0.0704. The van der Waals surface area contributed by atoms with Gasteiger partial charge >= 0.3 is 6.07 Å². The van der Waals surface area contributed by atoms with E-state index in [1.165, 1.54) is 6.92 Å². The van der Waals surface area contributed by atoms with Crippen LogP contribution in [0.5, 0.6) is 0 Å². The van der Waals surface area contributed by atoms with Gasteiger partial charge in [-0.25, -0.2) is 0 Å². The molecule has 1 N–H and O–H groups in total. The largest absolute Gasteiger partial charge is 0.427 e. The van der Waals surface area contributed by atoms with Gasteiger partial charge in [0.15, 0.2) is 0 Å². The number of ketones is 1. The predicted molar refractivity (Wildman–Crippen MR) is 19.7 cm³/mol. The van der Waals surface area contributed by atoms with Crippen LogP contribution in [0.4, 0.5) is 0 Å². The highest BCUT2D eigenvalue weighted by molar-refractivity contribution is 5.92. The molecule has 3 nitrogen and oxygen atoms in total. The standard InChI is InChI=1S/C3H3NO2/c1-3(5)2-4-6/h1H3/p+1. The van der Waals surface area contributed by atoms with Gasteiger partial charge in [0.1, 0.15) is 0 Å². The third-order valence-corrected chi connectivity index (χ3v) is 0.207. The third kappa shape index (κ3) is 2.96. The Hall–Kier alpha value is -1.04. The van der Waals surface area contributed by atoms with Crippen LogP contribution in [0.3, 0.4) is 0 Å². The average Bonchev–Trinajstić information content (AvgIpc) is 1.35. The molecule has 0 aromatic carbocycles. The number of carbonyl (C=O) groups excluding carboxylic acids is 1. The number of hydrogen-bond donors (Lipinski definition) is 1. The Labute approximate surface area is 35.0 Å². The SMILES string of the molecule is CC(=O)C#[N+]O. The maximum Gasteiger partial charge on any atom is 0.427 e. The van der Waals surface area contributed by atoms with Gasteiger partial charge in [0.25, 0.3) is 5.78 Å². The lowest BCUT2D eigenvalue weighted by Crippen LogP contribution is -1.77. The fraction of sp³-hybridized carbons (Fsp3) is 0.333. The van der Waals surface area contributed by atoms with E-state index >= 15 is 0 Å². The molecule has 0 amide bonds. The van der Waals surface area contributed by atoms with Gasteiger partial charge in [0.2, 0.25) is 5.01 Å². The van der Waals surface area contributed by atoms with Crippen molar-refractivity contribution in [2.45, 2.75) is 6.92 Å². The minimum absolute atomic E-state index is 0.377. The molecule has 32 valence electrons. The molecule has 0 atom stereocenters. The molecule has 0 saturated carbocycles. The van der Waals surface area contributed by atoms with Gasteiger partial charge in [-0.2, -0.15) is 5.21 Å². The third-order valence-electron chi connectivity index (χ3n) is 0.207. The predicted octanol–water partition coefficient (Wildman–Crippen LogP) is 0.297. The Balaban J connectivity index is 3.50. The summed E-state index contributed by atoms with van der Waals surface area (Å²) in [6, 6.07) is 1.75. The van der Waals surface area contributed by atoms with Crippen LogP contribution in [-0.2, 0) is 4.79 Å². The first-order chi connectivity index (χ1) is 2.77. The monoisotopic (exact) mass is 86.0 g/mol. The lowest BCUT2D eigenvalue weighted by molar-refractivity contribution is -0.111. The van der Waals surface area contributed by atoms with Crippen molar-refractivity contribution in [3.63, 3.8) is 0 Å². The topological polar surface area (TPSA) is 41.7 Å². The molecule has 0 heterocycles. The van der Waals surface area contributed by atoms with E-state index in [-0.39, 0.29) is 5.78 Å². The molecule has 0 aliphatic carbocycles. The summed E-state index contributed by atoms with van der Waals surface area (Å²) < 4.78 is 0. The van der Waals surface area contributed by atoms with E-state index in [0.717, 1.165) is 0 Å². The van der Waals surface area contributed by atoms with Gasteiger partial charge in [0, 0.05) is 6.92 Å². The molecule has 0 rings (SSSR count). The van der Waals surface area contributed by atoms with Crippen molar-refractivity contribution >= 4 is 5.78 Å². The Morgan fingerprint density at radius 3 is 2.50 bits per heavy atom. The van der Waals surface area contributed by atoms with Crippen LogP contribution >= 0.6 is 0 Å². The van der Waals surface area contributed by atoms with Crippen LogP contribution in [-0.4, -0.2) is 11.0 Å². The minimum Gasteiger partial charge on any atom is -0.278 e. The maximum atomic E-state index is 9.68. The zero-order chi connectivity index (χ0) is 4.99. The summed E-state index contributed by atoms with van der Waals surface area (Å²) in [5.41, 5.74) is 0. The highest BCUT2D eigenvalue weighted by Crippen LogP contribution is 1.58. The number of nitrogens with zero attached hydrogens (tertiary/aromatic N) is 1. The molecule has 3 heteroatoms. The van der Waals surface area contributed by atoms with Crippen LogP contribution in [0.25, 0.3) is 5.01 Å². The highest BCUT2D eigenvalue weighted by atomic mass is 16.4. The van der Waals surface area contributed by atoms with E-state index in [2.05, 4.69) is 5.01 Å². The van der Waals surface area contributed by atoms with Crippen molar-refractivity contribution < 1.29 is 10.0 Å². The number of carbonyl (C=O) groups is 1. The van der Waals surface area contributed by atoms with E-state index in [1.54, 1.807) is 6.07 Å². The van der Waals surface area contributed by atoms with Gasteiger partial charge in [-0.05, 0) is 0 Å². The molecule has 0 aromatic rings. The van der Waals surface area contributed by atoms with Crippen LogP contribution in [0.2, 0.25) is 0 Å². The molecule has 0 aromatic heterocycles. The second-order valence-electron chi connectivity index (χ2n) is 0.768. The fourth-order valence-corrected chi connectivity index (χ4v) is 0.0704. The van der Waals surface area contributed by atoms with E-state index in [1.807, 2.05) is 0 Å². The smallest absolute Gasteiger partial charge is 0.278 e. The van der Waals surface area contributed by atoms with Crippen molar-refractivity contribution in [2.75, 3.05) is 0 Å². The summed E-state index contributed by atoms with van der Waals surface area (Å²) >= 11 is 0. The van der Waals surface area contributed by atoms with Crippen LogP contribution in [0.15, 0.2) is 0 Å². The Kier molecular flexibility index (Phi) is 1.83. The molecule has 0 bridgehead atoms. The Morgan fingerprint density at radius 1 is 2.00 bits per heavy atom. The molecule has 0 unspecified atom stereocenters. The number of rotatable bonds is 0. The lowest BCUT2D eigenvalue weighted by Gasteiger charge is -1.47. The second kappa shape index (κ2) is 2.21. The molecule has 6 heavy (non-hydrogen) atoms. The molecular formula is C3H4NO2+. The van der Waals surface area contributed by atoms with Crippen LogP contribution in [0.1, 0.15) is 6.92 Å². The highest BCUT2D eigenvalue weighted by Gasteiger charge is 1.89. The molecule has 0 saturated heterocycles. The minimum atomic E-state index is -0.377. The summed E-state index contributed by atoms with van der Waals surface area (Å²) in [5.74, 6) is -0.377. The van der Waals surface area contributed by atoms with Gasteiger partial charge in [-0.3, -0.25) is 4.79 Å². The quantitative estimate of drug-likeness (QED) is 0.340. The first kappa shape index (κ1) is 4.96. The van der Waals surface area contributed by atoms with Gasteiger partial charge < -0.3 is 0 Å². The van der Waals surface area contributed by atoms with Crippen molar-refractivity contribution in [3.8, 4) is 6.07 Å². The summed E-state index contributed by atoms with van der Waals surface area (Å²) in [6.07, 6.45) is 0. The normalized spacial score (nSPS) is 5.50. The molecule has 0 aliphatic rings. The molecular weight excluding hydrogens is 82.0 g/mol. The van der Waals surface area contributed by atoms with Gasteiger partial charge in [-0.1, -0.05) is 0 Å². The van der Waals surface area contributed by atoms with Gasteiger partial charge in [-0.15, -0.1) is 0 Å². The Bertz CT molecular complexity index is 108. The second-order valence-corrected chi connectivity index (χ2v) is 0.768. The molecule has 0 aliphatic heterocycles. The average molecular weight is 86.1 g/mol. The first-order valence-corrected chi connectivity index (χ1v) is 1.38. The van der Waals surface area contributed by atoms with Crippen molar-refractivity contribution in [2.24, 2.45) is 0 Å². The summed E-state index contributed by atoms with van der Waals surface area (Å²) in [4.78, 5) is 9.68. The summed E-state index contributed by atoms with van der Waals surface area (Å²) in [6.45, 7) is 1.25. The molecule has 0 spiro atoms. The zero-order valence-electron chi connectivity index (χ0n) is 3.30. The number of hydrogen-bond acceptors (Lipinski definition) is 2. The van der Waals surface area contributed by atoms with E-state index < -0.39 is 0 Å².